The number of aryl methyl sites for hydroxylation is 1. The molecule has 0 atom stereocenters. The maximum Gasteiger partial charge on any atom is 0.0647 e. The number of hydrogen-bond acceptors (Lipinski definition) is 3. The van der Waals surface area contributed by atoms with Gasteiger partial charge in [0.15, 0.2) is 0 Å². The molecule has 0 aliphatic carbocycles. The predicted octanol–water partition coefficient (Wildman–Crippen LogP) is 2.36. The third kappa shape index (κ3) is 3.16. The summed E-state index contributed by atoms with van der Waals surface area (Å²) in [5.41, 5.74) is 3.53. The van der Waals surface area contributed by atoms with Crippen LogP contribution in [-0.2, 0) is 26.7 Å². The molecule has 1 aromatic heterocycles. The van der Waals surface area contributed by atoms with Crippen molar-refractivity contribution < 1.29 is 29.9 Å². The topological polar surface area (TPSA) is 42.4 Å². The first-order valence-electron chi connectivity index (χ1n) is 5.37. The molecule has 97 valence electrons. The van der Waals surface area contributed by atoms with Gasteiger partial charge < -0.3 is 14.8 Å². The first kappa shape index (κ1) is 14.8. The van der Waals surface area contributed by atoms with E-state index < -0.39 is 0 Å². The summed E-state index contributed by atoms with van der Waals surface area (Å²) in [6.07, 6.45) is 1.75. The van der Waals surface area contributed by atoms with E-state index >= 15 is 0 Å². The molecule has 0 bridgehead atoms. The third-order valence-corrected chi connectivity index (χ3v) is 2.57. The van der Waals surface area contributed by atoms with Crippen molar-refractivity contribution in [3.63, 3.8) is 0 Å². The van der Waals surface area contributed by atoms with Crippen LogP contribution in [0.4, 0.5) is 0 Å². The molecule has 1 N–H and O–H groups in total. The summed E-state index contributed by atoms with van der Waals surface area (Å²) >= 11 is 0. The van der Waals surface area contributed by atoms with Crippen molar-refractivity contribution in [2.24, 2.45) is 0 Å². The molecule has 1 heterocycles. The first-order valence-corrected chi connectivity index (χ1v) is 5.37. The van der Waals surface area contributed by atoms with Crippen LogP contribution in [0.1, 0.15) is 11.1 Å². The molecule has 0 amide bonds. The number of aliphatic hydroxyl groups excluding tert-OH is 1. The van der Waals surface area contributed by atoms with Gasteiger partial charge in [-0.1, -0.05) is 23.3 Å². The summed E-state index contributed by atoms with van der Waals surface area (Å²) in [5, 5.41) is 9.37. The van der Waals surface area contributed by atoms with Crippen molar-refractivity contribution >= 4 is 0 Å². The van der Waals surface area contributed by atoms with E-state index in [9.17, 15) is 5.11 Å². The van der Waals surface area contributed by atoms with Crippen LogP contribution < -0.4 is 4.74 Å². The van der Waals surface area contributed by atoms with Crippen molar-refractivity contribution in [1.82, 2.24) is 4.98 Å². The van der Waals surface area contributed by atoms with Crippen molar-refractivity contribution in [2.75, 3.05) is 7.11 Å². The van der Waals surface area contributed by atoms with Crippen molar-refractivity contribution in [3.8, 4) is 17.0 Å². The molecule has 0 spiro atoms. The van der Waals surface area contributed by atoms with Gasteiger partial charge in [-0.3, -0.25) is 0 Å². The Balaban J connectivity index is 0.00000162. The van der Waals surface area contributed by atoms with E-state index in [1.54, 1.807) is 25.4 Å². The second kappa shape index (κ2) is 6.64. The average molecular weight is 420 g/mol. The number of pyridine rings is 1. The Kier molecular flexibility index (Phi) is 5.48. The molecule has 0 saturated carbocycles. The standard InChI is InChI=1S/C14H14NO2.Ir/c1-10-5-6-15-14(7-10)13-4-3-12(17-2)8-11(13)9-16;/h3,5-8,16H,9H2,1-2H3;/q-1;. The van der Waals surface area contributed by atoms with Gasteiger partial charge >= 0.3 is 0 Å². The Labute approximate surface area is 120 Å². The van der Waals surface area contributed by atoms with E-state index in [-0.39, 0.29) is 26.7 Å². The fourth-order valence-electron chi connectivity index (χ4n) is 1.68. The predicted molar refractivity (Wildman–Crippen MR) is 65.7 cm³/mol. The van der Waals surface area contributed by atoms with Crippen LogP contribution in [0.25, 0.3) is 11.3 Å². The van der Waals surface area contributed by atoms with Gasteiger partial charge in [0.1, 0.15) is 0 Å². The van der Waals surface area contributed by atoms with Crippen LogP contribution >= 0.6 is 0 Å². The number of ether oxygens (including phenoxy) is 1. The maximum atomic E-state index is 9.37. The van der Waals surface area contributed by atoms with E-state index in [0.29, 0.717) is 5.75 Å². The van der Waals surface area contributed by atoms with Gasteiger partial charge in [-0.2, -0.15) is 0 Å². The van der Waals surface area contributed by atoms with Crippen LogP contribution in [-0.4, -0.2) is 17.2 Å². The molecule has 0 unspecified atom stereocenters. The minimum Gasteiger partial charge on any atom is -0.540 e. The Morgan fingerprint density at radius 2 is 2.17 bits per heavy atom. The zero-order chi connectivity index (χ0) is 12.3. The summed E-state index contributed by atoms with van der Waals surface area (Å²) in [7, 11) is 1.59. The molecule has 0 saturated heterocycles. The summed E-state index contributed by atoms with van der Waals surface area (Å²) in [5.74, 6) is 0.686. The first-order chi connectivity index (χ1) is 8.24. The number of methoxy groups -OCH3 is 1. The van der Waals surface area contributed by atoms with Gasteiger partial charge in [0.2, 0.25) is 0 Å². The number of nitrogens with zero attached hydrogens (tertiary/aromatic N) is 1. The molecule has 18 heavy (non-hydrogen) atoms. The quantitative estimate of drug-likeness (QED) is 0.776. The summed E-state index contributed by atoms with van der Waals surface area (Å²) in [4.78, 5) is 4.29. The van der Waals surface area contributed by atoms with E-state index in [1.807, 2.05) is 19.1 Å². The number of hydrogen-bond donors (Lipinski definition) is 1. The van der Waals surface area contributed by atoms with Crippen molar-refractivity contribution in [3.05, 3.63) is 47.7 Å². The van der Waals surface area contributed by atoms with Crippen LogP contribution in [0, 0.1) is 13.0 Å². The van der Waals surface area contributed by atoms with Gasteiger partial charge in [-0.25, -0.2) is 0 Å². The molecule has 2 rings (SSSR count). The smallest absolute Gasteiger partial charge is 0.0647 e. The van der Waals surface area contributed by atoms with E-state index in [2.05, 4.69) is 11.1 Å². The van der Waals surface area contributed by atoms with E-state index in [0.717, 1.165) is 22.4 Å². The molecule has 4 heteroatoms. The van der Waals surface area contributed by atoms with Gasteiger partial charge in [0, 0.05) is 38.7 Å². The molecule has 1 aromatic carbocycles. The van der Waals surface area contributed by atoms with Crippen LogP contribution in [0.3, 0.4) is 0 Å². The molecular weight excluding hydrogens is 406 g/mol. The van der Waals surface area contributed by atoms with Gasteiger partial charge in [0.05, 0.1) is 7.11 Å². The Bertz CT molecular complexity index is 529. The second-order valence-electron chi connectivity index (χ2n) is 3.82. The Hall–Kier alpha value is -1.22. The maximum absolute atomic E-state index is 9.37. The van der Waals surface area contributed by atoms with Gasteiger partial charge in [0.25, 0.3) is 0 Å². The van der Waals surface area contributed by atoms with E-state index in [4.69, 9.17) is 4.74 Å². The SMILES string of the molecule is COc1c[c-]c(-c2cc(C)ccn2)c(CO)c1.[Ir]. The third-order valence-electron chi connectivity index (χ3n) is 2.57. The monoisotopic (exact) mass is 421 g/mol. The minimum atomic E-state index is -0.0569. The zero-order valence-electron chi connectivity index (χ0n) is 10.2. The van der Waals surface area contributed by atoms with Crippen LogP contribution in [0.2, 0.25) is 0 Å². The molecular formula is C14H14IrNO2-. The number of aromatic nitrogens is 1. The molecule has 3 nitrogen and oxygen atoms in total. The van der Waals surface area contributed by atoms with Crippen LogP contribution in [0.5, 0.6) is 5.75 Å². The largest absolute Gasteiger partial charge is 0.540 e. The second-order valence-corrected chi connectivity index (χ2v) is 3.82. The fraction of sp³-hybridized carbons (Fsp3) is 0.214. The molecule has 1 radical (unpaired) electrons. The molecule has 0 aliphatic heterocycles. The Morgan fingerprint density at radius 3 is 2.78 bits per heavy atom. The zero-order valence-corrected chi connectivity index (χ0v) is 12.6. The van der Waals surface area contributed by atoms with Gasteiger partial charge in [-0.05, 0) is 18.7 Å². The minimum absolute atomic E-state index is 0. The fourth-order valence-corrected chi connectivity index (χ4v) is 1.68. The van der Waals surface area contributed by atoms with Gasteiger partial charge in [-0.15, -0.1) is 17.7 Å². The number of benzene rings is 1. The number of rotatable bonds is 3. The number of aliphatic hydroxyl groups is 1. The molecule has 2 aromatic rings. The van der Waals surface area contributed by atoms with Crippen molar-refractivity contribution in [1.29, 1.82) is 0 Å². The van der Waals surface area contributed by atoms with E-state index in [1.165, 1.54) is 0 Å². The molecule has 0 fully saturated rings. The molecule has 0 aliphatic rings. The van der Waals surface area contributed by atoms with Crippen LogP contribution in [0.15, 0.2) is 30.5 Å². The Morgan fingerprint density at radius 1 is 1.39 bits per heavy atom. The normalized spacial score (nSPS) is 9.72. The average Bonchev–Trinajstić information content (AvgIpc) is 2.38. The van der Waals surface area contributed by atoms with Crippen molar-refractivity contribution in [2.45, 2.75) is 13.5 Å². The summed E-state index contributed by atoms with van der Waals surface area (Å²) < 4.78 is 5.11. The summed E-state index contributed by atoms with van der Waals surface area (Å²) in [6.45, 7) is 1.95. The summed E-state index contributed by atoms with van der Waals surface area (Å²) in [6, 6.07) is 10.6.